The van der Waals surface area contributed by atoms with Gasteiger partial charge in [-0.25, -0.2) is 4.98 Å². The van der Waals surface area contributed by atoms with Crippen LogP contribution in [0.25, 0.3) is 11.1 Å². The van der Waals surface area contributed by atoms with E-state index in [0.29, 0.717) is 30.3 Å². The zero-order valence-electron chi connectivity index (χ0n) is 25.9. The van der Waals surface area contributed by atoms with E-state index in [1.54, 1.807) is 19.2 Å². The van der Waals surface area contributed by atoms with Crippen LogP contribution in [-0.2, 0) is 17.9 Å². The smallest absolute Gasteiger partial charge is 0.273 e. The summed E-state index contributed by atoms with van der Waals surface area (Å²) in [5.74, 6) is -0.370. The van der Waals surface area contributed by atoms with Gasteiger partial charge in [0, 0.05) is 63.9 Å². The van der Waals surface area contributed by atoms with Crippen molar-refractivity contribution >= 4 is 40.6 Å². The Morgan fingerprint density at radius 2 is 1.72 bits per heavy atom. The van der Waals surface area contributed by atoms with Crippen LogP contribution in [0.15, 0.2) is 48.7 Å². The Morgan fingerprint density at radius 3 is 2.48 bits per heavy atom. The Morgan fingerprint density at radius 1 is 0.935 bits per heavy atom. The van der Waals surface area contributed by atoms with Gasteiger partial charge in [0.15, 0.2) is 11.5 Å². The number of rotatable bonds is 9. The summed E-state index contributed by atoms with van der Waals surface area (Å²) in [6, 6.07) is 13.4. The van der Waals surface area contributed by atoms with Gasteiger partial charge in [-0.15, -0.1) is 10.2 Å². The van der Waals surface area contributed by atoms with Crippen LogP contribution in [0, 0.1) is 5.92 Å². The summed E-state index contributed by atoms with van der Waals surface area (Å²) in [4.78, 5) is 46.0. The lowest BCUT2D eigenvalue weighted by molar-refractivity contribution is -0.117. The fourth-order valence-electron chi connectivity index (χ4n) is 6.09. The van der Waals surface area contributed by atoms with Crippen LogP contribution in [0.5, 0.6) is 0 Å². The molecule has 3 aliphatic rings. The van der Waals surface area contributed by atoms with Crippen molar-refractivity contribution in [2.24, 2.45) is 5.92 Å². The van der Waals surface area contributed by atoms with E-state index in [9.17, 15) is 14.4 Å². The van der Waals surface area contributed by atoms with Gasteiger partial charge in [0.1, 0.15) is 5.69 Å². The Hall–Kier alpha value is -5.37. The van der Waals surface area contributed by atoms with Gasteiger partial charge in [-0.2, -0.15) is 5.10 Å². The number of likely N-dealkylation sites (tertiary alicyclic amines) is 1. The lowest BCUT2D eigenvalue weighted by Crippen LogP contribution is -2.48. The minimum Gasteiger partial charge on any atom is -0.366 e. The lowest BCUT2D eigenvalue weighted by Gasteiger charge is -2.40. The van der Waals surface area contributed by atoms with Gasteiger partial charge >= 0.3 is 0 Å². The average molecular weight is 622 g/mol. The average Bonchev–Trinajstić information content (AvgIpc) is 3.83. The molecule has 14 heteroatoms. The van der Waals surface area contributed by atoms with Crippen LogP contribution in [0.3, 0.4) is 0 Å². The van der Waals surface area contributed by atoms with Gasteiger partial charge in [-0.3, -0.25) is 24.0 Å². The molecule has 4 N–H and O–H groups in total. The monoisotopic (exact) mass is 621 g/mol. The molecule has 7 rings (SSSR count). The normalized spacial score (nSPS) is 15.8. The van der Waals surface area contributed by atoms with Crippen LogP contribution in [0.1, 0.15) is 51.2 Å². The summed E-state index contributed by atoms with van der Waals surface area (Å²) >= 11 is 0. The third-order valence-corrected chi connectivity index (χ3v) is 8.63. The number of benzene rings is 1. The maximum absolute atomic E-state index is 12.7. The summed E-state index contributed by atoms with van der Waals surface area (Å²) in [6.07, 6.45) is 3.66. The van der Waals surface area contributed by atoms with Crippen LogP contribution in [0.4, 0.5) is 22.9 Å². The van der Waals surface area contributed by atoms with Crippen molar-refractivity contribution < 1.29 is 14.4 Å². The van der Waals surface area contributed by atoms with E-state index in [4.69, 9.17) is 5.10 Å². The van der Waals surface area contributed by atoms with Crippen molar-refractivity contribution in [3.63, 3.8) is 0 Å². The SMILES string of the molecule is CNC(=O)c1cccc(CN2CC(n3ncc4c3CN(C)c3c(Nc5cc(NC(=O)C6CC6)nnc5C(=O)NC)cccc3-4)C2)n1. The molecule has 5 heterocycles. The van der Waals surface area contributed by atoms with Gasteiger partial charge in [0.05, 0.1) is 47.2 Å². The number of anilines is 4. The number of carbonyl (C=O) groups excluding carboxylic acids is 3. The maximum Gasteiger partial charge on any atom is 0.273 e. The first kappa shape index (κ1) is 29.3. The fourth-order valence-corrected chi connectivity index (χ4v) is 6.09. The van der Waals surface area contributed by atoms with Crippen molar-refractivity contribution in [2.45, 2.75) is 32.0 Å². The number of nitrogens with zero attached hydrogens (tertiary/aromatic N) is 7. The number of hydrogen-bond donors (Lipinski definition) is 4. The molecule has 2 aliphatic heterocycles. The second-order valence-electron chi connectivity index (χ2n) is 11.9. The Labute approximate surface area is 265 Å². The van der Waals surface area contributed by atoms with E-state index < -0.39 is 0 Å². The second kappa shape index (κ2) is 11.9. The highest BCUT2D eigenvalue weighted by Gasteiger charge is 2.34. The third-order valence-electron chi connectivity index (χ3n) is 8.63. The van der Waals surface area contributed by atoms with E-state index in [2.05, 4.69) is 57.0 Å². The van der Waals surface area contributed by atoms with Gasteiger partial charge < -0.3 is 26.2 Å². The summed E-state index contributed by atoms with van der Waals surface area (Å²) in [5.41, 5.74) is 6.82. The van der Waals surface area contributed by atoms with Crippen LogP contribution < -0.4 is 26.2 Å². The van der Waals surface area contributed by atoms with Crippen LogP contribution in [0.2, 0.25) is 0 Å². The highest BCUT2D eigenvalue weighted by Crippen LogP contribution is 2.45. The predicted octanol–water partition coefficient (Wildman–Crippen LogP) is 2.55. The Balaban J connectivity index is 1.11. The van der Waals surface area contributed by atoms with Crippen molar-refractivity contribution in [1.82, 2.24) is 40.5 Å². The van der Waals surface area contributed by atoms with E-state index in [-0.39, 0.29) is 35.4 Å². The molecule has 236 valence electrons. The molecule has 46 heavy (non-hydrogen) atoms. The minimum atomic E-state index is -0.388. The van der Waals surface area contributed by atoms with E-state index in [0.717, 1.165) is 59.8 Å². The van der Waals surface area contributed by atoms with E-state index >= 15 is 0 Å². The standard InChI is InChI=1S/C32H35N11O3/c1-33-31(45)24-9-4-6-19(36-24)14-42-15-20(16-42)43-26-17-41(3)29-21(22(26)13-35-43)7-5-8-23(29)37-25-12-27(38-30(44)18-10-11-18)39-40-28(25)32(46)34-2/h4-9,12-13,18,20H,10-11,14-17H2,1-3H3,(H,33,45)(H,34,46)(H2,37,38,39,44). The molecule has 0 atom stereocenters. The first-order chi connectivity index (χ1) is 22.3. The summed E-state index contributed by atoms with van der Waals surface area (Å²) in [5, 5.41) is 24.5. The Bertz CT molecular complexity index is 1840. The first-order valence-electron chi connectivity index (χ1n) is 15.3. The number of para-hydroxylation sites is 1. The minimum absolute atomic E-state index is 0.00841. The van der Waals surface area contributed by atoms with Crippen molar-refractivity contribution in [2.75, 3.05) is 49.8 Å². The fraction of sp³-hybridized carbons (Fsp3) is 0.344. The molecule has 1 saturated carbocycles. The maximum atomic E-state index is 12.7. The number of aromatic nitrogens is 5. The zero-order valence-corrected chi connectivity index (χ0v) is 25.9. The molecule has 1 aromatic carbocycles. The van der Waals surface area contributed by atoms with Crippen molar-refractivity contribution in [1.29, 1.82) is 0 Å². The van der Waals surface area contributed by atoms with Gasteiger partial charge in [-0.1, -0.05) is 18.2 Å². The Kier molecular flexibility index (Phi) is 7.56. The van der Waals surface area contributed by atoms with Gasteiger partial charge in [0.2, 0.25) is 5.91 Å². The van der Waals surface area contributed by atoms with Gasteiger partial charge in [0.25, 0.3) is 11.8 Å². The molecule has 2 fully saturated rings. The highest BCUT2D eigenvalue weighted by atomic mass is 16.2. The number of pyridine rings is 1. The molecule has 1 saturated heterocycles. The molecular formula is C32H35N11O3. The first-order valence-corrected chi connectivity index (χ1v) is 15.3. The van der Waals surface area contributed by atoms with E-state index in [1.807, 2.05) is 37.5 Å². The molecule has 0 radical (unpaired) electrons. The molecule has 4 aromatic rings. The molecule has 1 aliphatic carbocycles. The molecule has 0 bridgehead atoms. The zero-order chi connectivity index (χ0) is 31.9. The topological polar surface area (TPSA) is 162 Å². The second-order valence-corrected chi connectivity index (χ2v) is 11.9. The van der Waals surface area contributed by atoms with Crippen molar-refractivity contribution in [3.8, 4) is 11.1 Å². The number of carbonyl (C=O) groups is 3. The molecule has 0 spiro atoms. The van der Waals surface area contributed by atoms with Crippen LogP contribution >= 0.6 is 0 Å². The number of fused-ring (bicyclic) bond motifs is 3. The lowest BCUT2D eigenvalue weighted by atomic mass is 9.97. The molecule has 3 aromatic heterocycles. The quantitative estimate of drug-likeness (QED) is 0.219. The molecular weight excluding hydrogens is 586 g/mol. The summed E-state index contributed by atoms with van der Waals surface area (Å²) in [6.45, 7) is 2.97. The number of amides is 3. The number of hydrogen-bond acceptors (Lipinski definition) is 10. The number of nitrogens with one attached hydrogen (secondary N) is 4. The largest absolute Gasteiger partial charge is 0.366 e. The van der Waals surface area contributed by atoms with E-state index in [1.165, 1.54) is 7.05 Å². The highest BCUT2D eigenvalue weighted by molar-refractivity contribution is 6.01. The third kappa shape index (κ3) is 5.51. The van der Waals surface area contributed by atoms with Crippen LogP contribution in [-0.4, -0.2) is 81.8 Å². The molecule has 3 amide bonds. The molecule has 0 unspecified atom stereocenters. The van der Waals surface area contributed by atoms with Crippen molar-refractivity contribution in [3.05, 3.63) is 71.4 Å². The summed E-state index contributed by atoms with van der Waals surface area (Å²) < 4.78 is 2.13. The van der Waals surface area contributed by atoms with Gasteiger partial charge in [-0.05, 0) is 31.0 Å². The predicted molar refractivity (Wildman–Crippen MR) is 172 cm³/mol. The molecule has 14 nitrogen and oxygen atoms in total. The summed E-state index contributed by atoms with van der Waals surface area (Å²) in [7, 11) is 5.18.